The Labute approximate surface area is 163 Å². The fraction of sp³-hybridized carbons (Fsp3) is 0.333. The van der Waals surface area contributed by atoms with E-state index >= 15 is 0 Å². The summed E-state index contributed by atoms with van der Waals surface area (Å²) in [6.07, 6.45) is 1.49. The van der Waals surface area contributed by atoms with Crippen LogP contribution in [0.1, 0.15) is 22.9 Å². The van der Waals surface area contributed by atoms with Crippen LogP contribution in [0.2, 0.25) is 0 Å². The Kier molecular flexibility index (Phi) is 5.56. The lowest BCUT2D eigenvalue weighted by Gasteiger charge is -2.24. The Bertz CT molecular complexity index is 915. The van der Waals surface area contributed by atoms with E-state index in [4.69, 9.17) is 9.15 Å². The molecule has 1 aliphatic rings. The summed E-state index contributed by atoms with van der Waals surface area (Å²) >= 11 is 0. The quantitative estimate of drug-likeness (QED) is 0.468. The molecule has 1 unspecified atom stereocenters. The number of likely N-dealkylation sites (tertiary alicyclic amines) is 1. The summed E-state index contributed by atoms with van der Waals surface area (Å²) in [6, 6.07) is 7.73. The molecule has 3 rings (SSSR count). The van der Waals surface area contributed by atoms with E-state index in [0.29, 0.717) is 30.2 Å². The van der Waals surface area contributed by atoms with Gasteiger partial charge in [0.1, 0.15) is 23.3 Å². The molecule has 2 aromatic rings. The van der Waals surface area contributed by atoms with Crippen LogP contribution in [-0.4, -0.2) is 60.9 Å². The first-order valence-electron chi connectivity index (χ1n) is 8.96. The van der Waals surface area contributed by atoms with Crippen molar-refractivity contribution in [1.82, 2.24) is 9.80 Å². The predicted octanol–water partition coefficient (Wildman–Crippen LogP) is 2.58. The number of benzene rings is 1. The molecule has 28 heavy (non-hydrogen) atoms. The van der Waals surface area contributed by atoms with Crippen LogP contribution in [0.3, 0.4) is 0 Å². The van der Waals surface area contributed by atoms with Crippen LogP contribution >= 0.6 is 0 Å². The van der Waals surface area contributed by atoms with Crippen LogP contribution in [0.15, 0.2) is 46.6 Å². The van der Waals surface area contributed by atoms with Crippen molar-refractivity contribution in [3.63, 3.8) is 0 Å². The van der Waals surface area contributed by atoms with Crippen LogP contribution < -0.4 is 4.74 Å². The van der Waals surface area contributed by atoms with Crippen molar-refractivity contribution in [1.29, 1.82) is 0 Å². The van der Waals surface area contributed by atoms with Gasteiger partial charge in [-0.1, -0.05) is 0 Å². The average Bonchev–Trinajstić information content (AvgIpc) is 3.27. The molecule has 0 radical (unpaired) electrons. The molecule has 1 atom stereocenters. The third-order valence-electron chi connectivity index (χ3n) is 4.81. The van der Waals surface area contributed by atoms with Crippen LogP contribution in [0, 0.1) is 6.92 Å². The Hall–Kier alpha value is -3.06. The number of furan rings is 1. The zero-order chi connectivity index (χ0) is 20.4. The fourth-order valence-corrected chi connectivity index (χ4v) is 3.34. The van der Waals surface area contributed by atoms with Crippen molar-refractivity contribution in [2.75, 3.05) is 34.3 Å². The number of carbonyl (C=O) groups is 2. The molecule has 7 heteroatoms. The smallest absolute Gasteiger partial charge is 0.295 e. The topological polar surface area (TPSA) is 83.2 Å². The molecule has 0 aliphatic carbocycles. The Morgan fingerprint density at radius 3 is 2.61 bits per heavy atom. The van der Waals surface area contributed by atoms with Gasteiger partial charge in [-0.05, 0) is 56.9 Å². The number of methoxy groups -OCH3 is 1. The number of aliphatic hydroxyl groups excluding tert-OH is 1. The summed E-state index contributed by atoms with van der Waals surface area (Å²) in [4.78, 5) is 28.9. The fourth-order valence-electron chi connectivity index (χ4n) is 3.34. The molecule has 1 amide bonds. The van der Waals surface area contributed by atoms with E-state index in [2.05, 4.69) is 0 Å². The maximum atomic E-state index is 12.8. The van der Waals surface area contributed by atoms with Crippen molar-refractivity contribution in [3.05, 3.63) is 59.1 Å². The summed E-state index contributed by atoms with van der Waals surface area (Å²) in [6.45, 7) is 2.75. The zero-order valence-electron chi connectivity index (χ0n) is 16.4. The van der Waals surface area contributed by atoms with E-state index in [1.807, 2.05) is 25.9 Å². The molecule has 1 aromatic carbocycles. The number of rotatable bonds is 6. The predicted molar refractivity (Wildman–Crippen MR) is 104 cm³/mol. The van der Waals surface area contributed by atoms with E-state index in [1.165, 1.54) is 11.2 Å². The molecule has 0 bridgehead atoms. The van der Waals surface area contributed by atoms with Gasteiger partial charge < -0.3 is 24.1 Å². The minimum absolute atomic E-state index is 0.0308. The van der Waals surface area contributed by atoms with Gasteiger partial charge in [0.2, 0.25) is 0 Å². The van der Waals surface area contributed by atoms with E-state index in [1.54, 1.807) is 37.4 Å². The summed E-state index contributed by atoms with van der Waals surface area (Å²) < 4.78 is 10.8. The Morgan fingerprint density at radius 1 is 1.29 bits per heavy atom. The molecule has 2 heterocycles. The van der Waals surface area contributed by atoms with Crippen molar-refractivity contribution in [2.24, 2.45) is 0 Å². The molecule has 0 spiro atoms. The number of ketones is 1. The van der Waals surface area contributed by atoms with Crippen LogP contribution in [-0.2, 0) is 9.59 Å². The number of Topliss-reactive ketones (excluding diaryl/α,β-unsaturated/α-hetero) is 1. The number of likely N-dealkylation sites (N-methyl/N-ethyl adjacent to an activating group) is 1. The summed E-state index contributed by atoms with van der Waals surface area (Å²) in [5.74, 6) is -0.477. The van der Waals surface area contributed by atoms with E-state index in [0.717, 1.165) is 5.56 Å². The average molecular weight is 384 g/mol. The van der Waals surface area contributed by atoms with Gasteiger partial charge in [0.25, 0.3) is 11.7 Å². The summed E-state index contributed by atoms with van der Waals surface area (Å²) in [7, 11) is 5.34. The van der Waals surface area contributed by atoms with Crippen molar-refractivity contribution >= 4 is 17.4 Å². The lowest BCUT2D eigenvalue weighted by molar-refractivity contribution is -0.140. The standard InChI is InChI=1S/C21H24N2O5/c1-13-12-14(7-8-15(13)27-4)19(24)17-18(16-6-5-11-28-16)23(10-9-22(2)3)21(26)20(17)25/h5-8,11-12,18,24H,9-10H2,1-4H3/b19-17-. The molecule has 0 saturated carbocycles. The van der Waals surface area contributed by atoms with Crippen molar-refractivity contribution < 1.29 is 23.8 Å². The van der Waals surface area contributed by atoms with Crippen LogP contribution in [0.5, 0.6) is 5.75 Å². The Balaban J connectivity index is 2.10. The number of hydrogen-bond donors (Lipinski definition) is 1. The monoisotopic (exact) mass is 384 g/mol. The second-order valence-corrected chi connectivity index (χ2v) is 7.00. The lowest BCUT2D eigenvalue weighted by Crippen LogP contribution is -2.35. The number of carbonyl (C=O) groups excluding carboxylic acids is 2. The molecule has 1 saturated heterocycles. The first-order valence-corrected chi connectivity index (χ1v) is 8.96. The normalized spacial score (nSPS) is 18.9. The number of aliphatic hydroxyl groups is 1. The third kappa shape index (κ3) is 3.53. The highest BCUT2D eigenvalue weighted by atomic mass is 16.5. The molecule has 7 nitrogen and oxygen atoms in total. The first-order chi connectivity index (χ1) is 13.3. The van der Waals surface area contributed by atoms with Gasteiger partial charge in [-0.15, -0.1) is 0 Å². The minimum Gasteiger partial charge on any atom is -0.507 e. The summed E-state index contributed by atoms with van der Waals surface area (Å²) in [5.41, 5.74) is 1.28. The molecule has 1 aromatic heterocycles. The molecular formula is C21H24N2O5. The number of hydrogen-bond acceptors (Lipinski definition) is 6. The van der Waals surface area contributed by atoms with Crippen LogP contribution in [0.4, 0.5) is 0 Å². The van der Waals surface area contributed by atoms with Gasteiger partial charge in [-0.2, -0.15) is 0 Å². The highest BCUT2D eigenvalue weighted by Gasteiger charge is 2.47. The van der Waals surface area contributed by atoms with Gasteiger partial charge in [0.15, 0.2) is 0 Å². The van der Waals surface area contributed by atoms with Crippen LogP contribution in [0.25, 0.3) is 5.76 Å². The highest BCUT2D eigenvalue weighted by molar-refractivity contribution is 6.46. The second-order valence-electron chi connectivity index (χ2n) is 7.00. The molecule has 1 fully saturated rings. The molecule has 148 valence electrons. The maximum Gasteiger partial charge on any atom is 0.295 e. The minimum atomic E-state index is -0.766. The molecule has 1 aliphatic heterocycles. The second kappa shape index (κ2) is 7.90. The number of aryl methyl sites for hydroxylation is 1. The number of ether oxygens (including phenoxy) is 1. The van der Waals surface area contributed by atoms with E-state index in [-0.39, 0.29) is 11.3 Å². The SMILES string of the molecule is COc1ccc(/C(O)=C2/C(=O)C(=O)N(CCN(C)C)C2c2ccco2)cc1C. The summed E-state index contributed by atoms with van der Waals surface area (Å²) in [5, 5.41) is 10.9. The van der Waals surface area contributed by atoms with Crippen molar-refractivity contribution in [3.8, 4) is 5.75 Å². The van der Waals surface area contributed by atoms with Gasteiger partial charge in [-0.25, -0.2) is 0 Å². The van der Waals surface area contributed by atoms with Gasteiger partial charge in [-0.3, -0.25) is 9.59 Å². The highest BCUT2D eigenvalue weighted by Crippen LogP contribution is 2.39. The van der Waals surface area contributed by atoms with Gasteiger partial charge >= 0.3 is 0 Å². The first kappa shape index (κ1) is 19.7. The molecule has 1 N–H and O–H groups in total. The number of nitrogens with zero attached hydrogens (tertiary/aromatic N) is 2. The lowest BCUT2D eigenvalue weighted by atomic mass is 9.98. The zero-order valence-corrected chi connectivity index (χ0v) is 16.4. The maximum absolute atomic E-state index is 12.8. The Morgan fingerprint density at radius 2 is 2.04 bits per heavy atom. The molecular weight excluding hydrogens is 360 g/mol. The van der Waals surface area contributed by atoms with Gasteiger partial charge in [0.05, 0.1) is 18.9 Å². The van der Waals surface area contributed by atoms with Crippen molar-refractivity contribution in [2.45, 2.75) is 13.0 Å². The third-order valence-corrected chi connectivity index (χ3v) is 4.81. The largest absolute Gasteiger partial charge is 0.507 e. The van der Waals surface area contributed by atoms with E-state index in [9.17, 15) is 14.7 Å². The number of amides is 1. The van der Waals surface area contributed by atoms with E-state index < -0.39 is 17.7 Å². The van der Waals surface area contributed by atoms with Gasteiger partial charge in [0, 0.05) is 18.7 Å².